The van der Waals surface area contributed by atoms with E-state index >= 15 is 0 Å². The van der Waals surface area contributed by atoms with E-state index in [9.17, 15) is 18.3 Å². The number of nitrogens with zero attached hydrogens (tertiary/aromatic N) is 3. The minimum Gasteiger partial charge on any atom is -0.379 e. The van der Waals surface area contributed by atoms with Crippen LogP contribution in [0, 0.1) is 0 Å². The van der Waals surface area contributed by atoms with Gasteiger partial charge in [0.1, 0.15) is 0 Å². The normalized spacial score (nSPS) is 21.5. The number of imidazole rings is 1. The predicted octanol–water partition coefficient (Wildman–Crippen LogP) is 0.645. The lowest BCUT2D eigenvalue weighted by molar-refractivity contribution is 0.0194. The Balaban J connectivity index is 1.63. The minimum atomic E-state index is -3.86. The highest BCUT2D eigenvalue weighted by Gasteiger charge is 2.46. The van der Waals surface area contributed by atoms with E-state index in [0.717, 1.165) is 0 Å². The van der Waals surface area contributed by atoms with Gasteiger partial charge in [-0.2, -0.15) is 9.29 Å². The second-order valence-corrected chi connectivity index (χ2v) is 8.96. The maximum atomic E-state index is 13.0. The monoisotopic (exact) mass is 393 g/mol. The average molecular weight is 393 g/mol. The van der Waals surface area contributed by atoms with Crippen LogP contribution < -0.4 is 5.69 Å². The summed E-state index contributed by atoms with van der Waals surface area (Å²) in [5, 5.41) is 14.7. The molecule has 0 saturated carbocycles. The summed E-state index contributed by atoms with van der Waals surface area (Å²) in [6, 6.07) is 4.33. The fourth-order valence-electron chi connectivity index (χ4n) is 3.12. The van der Waals surface area contributed by atoms with Gasteiger partial charge in [0.25, 0.3) is 5.89 Å². The highest BCUT2D eigenvalue weighted by atomic mass is 32.2. The topological polar surface area (TPSA) is 145 Å². The van der Waals surface area contributed by atoms with Crippen molar-refractivity contribution >= 4 is 21.1 Å². The molecule has 1 saturated heterocycles. The van der Waals surface area contributed by atoms with Crippen LogP contribution in [0.1, 0.15) is 37.9 Å². The summed E-state index contributed by atoms with van der Waals surface area (Å²) in [5.41, 5.74) is -1.02. The summed E-state index contributed by atoms with van der Waals surface area (Å²) in [5.74, 6) is 0.512. The van der Waals surface area contributed by atoms with Crippen LogP contribution in [0.2, 0.25) is 0 Å². The number of benzene rings is 1. The Morgan fingerprint density at radius 2 is 2.04 bits per heavy atom. The molecule has 0 radical (unpaired) electrons. The van der Waals surface area contributed by atoms with Gasteiger partial charge < -0.3 is 19.6 Å². The number of β-amino-alcohol motifs (C(OH)–C–C–N with tert-alkyl or cyclic N) is 1. The predicted molar refractivity (Wildman–Crippen MR) is 94.6 cm³/mol. The third kappa shape index (κ3) is 2.97. The van der Waals surface area contributed by atoms with E-state index in [1.807, 2.05) is 13.8 Å². The third-order valence-electron chi connectivity index (χ3n) is 4.69. The quantitative estimate of drug-likeness (QED) is 0.590. The fourth-order valence-corrected chi connectivity index (χ4v) is 4.64. The molecule has 1 aromatic carbocycles. The summed E-state index contributed by atoms with van der Waals surface area (Å²) in [4.78, 5) is 20.7. The van der Waals surface area contributed by atoms with Gasteiger partial charge in [0.05, 0.1) is 22.5 Å². The Hall–Kier alpha value is -2.50. The van der Waals surface area contributed by atoms with E-state index < -0.39 is 21.3 Å². The zero-order valence-electron chi connectivity index (χ0n) is 14.8. The standard InChI is InChI=1S/C16H19N5O5S/c1-9(2)13-19-14(26-20-13)16(23)5-6-21(8-16)27(24,25)10-3-4-11-12(7-10)18-15(22)17-11/h3-4,7,9,23H,5-6,8H2,1-2H3,(H2,17,18,22)/t16-/m0/s1. The molecule has 3 heterocycles. The lowest BCUT2D eigenvalue weighted by Gasteiger charge is -2.19. The van der Waals surface area contributed by atoms with E-state index in [-0.39, 0.29) is 36.2 Å². The van der Waals surface area contributed by atoms with Crippen molar-refractivity contribution in [1.29, 1.82) is 0 Å². The van der Waals surface area contributed by atoms with E-state index in [2.05, 4.69) is 20.1 Å². The molecule has 3 N–H and O–H groups in total. The van der Waals surface area contributed by atoms with E-state index in [1.54, 1.807) is 0 Å². The van der Waals surface area contributed by atoms with Gasteiger partial charge in [0.15, 0.2) is 11.4 Å². The van der Waals surface area contributed by atoms with Gasteiger partial charge in [-0.15, -0.1) is 0 Å². The summed E-state index contributed by atoms with van der Waals surface area (Å²) in [6.45, 7) is 3.72. The SMILES string of the molecule is CC(C)c1noc([C@]2(O)CCN(S(=O)(=O)c3ccc4[nH]c(=O)[nH]c4c3)C2)n1. The van der Waals surface area contributed by atoms with Gasteiger partial charge >= 0.3 is 5.69 Å². The lowest BCUT2D eigenvalue weighted by Crippen LogP contribution is -2.34. The number of nitrogens with one attached hydrogen (secondary N) is 2. The van der Waals surface area contributed by atoms with Crippen molar-refractivity contribution in [2.45, 2.75) is 36.7 Å². The number of H-pyrrole nitrogens is 2. The van der Waals surface area contributed by atoms with E-state index in [0.29, 0.717) is 16.9 Å². The molecule has 144 valence electrons. The molecule has 0 bridgehead atoms. The Bertz CT molecular complexity index is 1160. The summed E-state index contributed by atoms with van der Waals surface area (Å²) < 4.78 is 32.3. The van der Waals surface area contributed by atoms with Gasteiger partial charge in [-0.3, -0.25) is 0 Å². The second-order valence-electron chi connectivity index (χ2n) is 7.02. The second kappa shape index (κ2) is 6.01. The Kier molecular flexibility index (Phi) is 3.98. The first-order valence-electron chi connectivity index (χ1n) is 8.48. The van der Waals surface area contributed by atoms with Crippen LogP contribution >= 0.6 is 0 Å². The molecular weight excluding hydrogens is 374 g/mol. The molecular formula is C16H19N5O5S. The highest BCUT2D eigenvalue weighted by molar-refractivity contribution is 7.89. The molecule has 4 rings (SSSR count). The molecule has 11 heteroatoms. The first kappa shape index (κ1) is 17.9. The molecule has 1 atom stereocenters. The molecule has 3 aromatic rings. The smallest absolute Gasteiger partial charge is 0.323 e. The first-order valence-corrected chi connectivity index (χ1v) is 9.92. The van der Waals surface area contributed by atoms with Crippen molar-refractivity contribution in [1.82, 2.24) is 24.4 Å². The van der Waals surface area contributed by atoms with E-state index in [4.69, 9.17) is 4.52 Å². The van der Waals surface area contributed by atoms with Crippen LogP contribution in [0.25, 0.3) is 11.0 Å². The molecule has 1 aliphatic rings. The number of aliphatic hydroxyl groups is 1. The van der Waals surface area contributed by atoms with Crippen molar-refractivity contribution in [2.75, 3.05) is 13.1 Å². The number of hydrogen-bond donors (Lipinski definition) is 3. The summed E-state index contributed by atoms with van der Waals surface area (Å²) in [6.07, 6.45) is 0.148. The molecule has 2 aromatic heterocycles. The summed E-state index contributed by atoms with van der Waals surface area (Å²) >= 11 is 0. The van der Waals surface area contributed by atoms with Gasteiger partial charge in [0.2, 0.25) is 10.0 Å². The number of rotatable bonds is 4. The third-order valence-corrected chi connectivity index (χ3v) is 6.54. The van der Waals surface area contributed by atoms with Crippen molar-refractivity contribution in [3.8, 4) is 0 Å². The summed E-state index contributed by atoms with van der Waals surface area (Å²) in [7, 11) is -3.86. The minimum absolute atomic E-state index is 0.0225. The average Bonchev–Trinajstić information content (AvgIpc) is 3.31. The highest BCUT2D eigenvalue weighted by Crippen LogP contribution is 2.34. The van der Waals surface area contributed by atoms with Gasteiger partial charge in [-0.25, -0.2) is 13.2 Å². The Morgan fingerprint density at radius 3 is 2.74 bits per heavy atom. The van der Waals surface area contributed by atoms with Gasteiger partial charge in [-0.05, 0) is 18.2 Å². The molecule has 27 heavy (non-hydrogen) atoms. The molecule has 0 spiro atoms. The van der Waals surface area contributed by atoms with Crippen LogP contribution in [0.3, 0.4) is 0 Å². The van der Waals surface area contributed by atoms with Gasteiger partial charge in [0, 0.05) is 18.9 Å². The van der Waals surface area contributed by atoms with Crippen LogP contribution in [0.5, 0.6) is 0 Å². The number of aromatic nitrogens is 4. The van der Waals surface area contributed by atoms with Crippen molar-refractivity contribution in [3.63, 3.8) is 0 Å². The molecule has 1 fully saturated rings. The number of fused-ring (bicyclic) bond motifs is 1. The van der Waals surface area contributed by atoms with E-state index in [1.165, 1.54) is 22.5 Å². The number of sulfonamides is 1. The lowest BCUT2D eigenvalue weighted by atomic mass is 10.0. The van der Waals surface area contributed by atoms with Gasteiger partial charge in [-0.1, -0.05) is 19.0 Å². The van der Waals surface area contributed by atoms with Crippen LogP contribution in [0.4, 0.5) is 0 Å². The fraction of sp³-hybridized carbons (Fsp3) is 0.438. The largest absolute Gasteiger partial charge is 0.379 e. The van der Waals surface area contributed by atoms with Crippen LogP contribution in [0.15, 0.2) is 32.4 Å². The Labute approximate surface area is 154 Å². The number of hydrogen-bond acceptors (Lipinski definition) is 7. The Morgan fingerprint density at radius 1 is 1.30 bits per heavy atom. The molecule has 0 unspecified atom stereocenters. The van der Waals surface area contributed by atoms with Crippen LogP contribution in [-0.2, 0) is 15.6 Å². The number of aromatic amines is 2. The maximum Gasteiger partial charge on any atom is 0.323 e. The first-order chi connectivity index (χ1) is 12.7. The molecule has 1 aliphatic heterocycles. The molecule has 0 amide bonds. The molecule has 10 nitrogen and oxygen atoms in total. The molecule has 0 aliphatic carbocycles. The van der Waals surface area contributed by atoms with Crippen LogP contribution in [-0.4, -0.2) is 51.0 Å². The zero-order valence-corrected chi connectivity index (χ0v) is 15.6. The zero-order chi connectivity index (χ0) is 19.4. The maximum absolute atomic E-state index is 13.0. The van der Waals surface area contributed by atoms with Crippen molar-refractivity contribution in [3.05, 3.63) is 40.4 Å². The van der Waals surface area contributed by atoms with Crippen molar-refractivity contribution < 1.29 is 18.0 Å². The van der Waals surface area contributed by atoms with Crippen molar-refractivity contribution in [2.24, 2.45) is 0 Å².